The van der Waals surface area contributed by atoms with Crippen molar-refractivity contribution in [3.63, 3.8) is 0 Å². The monoisotopic (exact) mass is 409 g/mol. The second kappa shape index (κ2) is 6.42. The van der Waals surface area contributed by atoms with E-state index in [9.17, 15) is 4.79 Å². The van der Waals surface area contributed by atoms with Gasteiger partial charge in [0.1, 0.15) is 0 Å². The number of nitrogens with one attached hydrogen (secondary N) is 1. The number of esters is 1. The molecule has 9 heteroatoms. The van der Waals surface area contributed by atoms with E-state index in [0.717, 1.165) is 20.4 Å². The Balaban J connectivity index is 1.68. The van der Waals surface area contributed by atoms with E-state index in [2.05, 4.69) is 15.3 Å². The van der Waals surface area contributed by atoms with Crippen LogP contribution in [0, 0.1) is 0 Å². The molecule has 4 rings (SSSR count). The van der Waals surface area contributed by atoms with Crippen LogP contribution >= 0.6 is 45.9 Å². The molecule has 0 aliphatic carbocycles. The van der Waals surface area contributed by atoms with E-state index in [0.29, 0.717) is 25.9 Å². The molecule has 0 unspecified atom stereocenters. The van der Waals surface area contributed by atoms with Crippen molar-refractivity contribution in [1.82, 2.24) is 9.97 Å². The van der Waals surface area contributed by atoms with Gasteiger partial charge in [-0.05, 0) is 30.3 Å². The van der Waals surface area contributed by atoms with Crippen molar-refractivity contribution in [3.05, 3.63) is 45.9 Å². The maximum Gasteiger partial charge on any atom is 0.337 e. The molecule has 0 saturated carbocycles. The van der Waals surface area contributed by atoms with Crippen molar-refractivity contribution in [3.8, 4) is 0 Å². The molecule has 2 heterocycles. The normalized spacial score (nSPS) is 11.2. The summed E-state index contributed by atoms with van der Waals surface area (Å²) in [7, 11) is 1.36. The van der Waals surface area contributed by atoms with Crippen LogP contribution < -0.4 is 5.32 Å². The number of nitrogens with zero attached hydrogens (tertiary/aromatic N) is 2. The minimum absolute atomic E-state index is 0.373. The first-order valence-electron chi connectivity index (χ1n) is 7.05. The second-order valence-electron chi connectivity index (χ2n) is 5.07. The van der Waals surface area contributed by atoms with Crippen molar-refractivity contribution >= 4 is 82.5 Å². The predicted molar refractivity (Wildman–Crippen MR) is 104 cm³/mol. The van der Waals surface area contributed by atoms with E-state index in [1.807, 2.05) is 0 Å². The van der Waals surface area contributed by atoms with E-state index in [4.69, 9.17) is 27.9 Å². The van der Waals surface area contributed by atoms with E-state index in [1.54, 1.807) is 30.3 Å². The number of carbonyl (C=O) groups excluding carboxylic acids is 1. The van der Waals surface area contributed by atoms with Gasteiger partial charge in [-0.3, -0.25) is 0 Å². The minimum atomic E-state index is -0.373. The van der Waals surface area contributed by atoms with Gasteiger partial charge in [-0.2, -0.15) is 0 Å². The highest BCUT2D eigenvalue weighted by Crippen LogP contribution is 2.37. The van der Waals surface area contributed by atoms with Crippen LogP contribution in [0.25, 0.3) is 20.4 Å². The summed E-state index contributed by atoms with van der Waals surface area (Å²) in [6.07, 6.45) is 0. The molecule has 126 valence electrons. The fourth-order valence-corrected chi connectivity index (χ4v) is 4.75. The number of benzene rings is 2. The number of carbonyl (C=O) groups is 1. The summed E-state index contributed by atoms with van der Waals surface area (Å²) >= 11 is 15.1. The number of hydrogen-bond acceptors (Lipinski definition) is 7. The number of rotatable bonds is 3. The third kappa shape index (κ3) is 3.16. The average Bonchev–Trinajstić information content (AvgIpc) is 3.16. The quantitative estimate of drug-likeness (QED) is 0.436. The lowest BCUT2D eigenvalue weighted by molar-refractivity contribution is 0.0601. The van der Waals surface area contributed by atoms with Crippen LogP contribution in [0.4, 0.5) is 10.3 Å². The summed E-state index contributed by atoms with van der Waals surface area (Å²) < 4.78 is 6.49. The molecule has 1 N–H and O–H groups in total. The van der Waals surface area contributed by atoms with Gasteiger partial charge in [0, 0.05) is 5.02 Å². The number of aromatic nitrogens is 2. The van der Waals surface area contributed by atoms with Crippen molar-refractivity contribution in [2.45, 2.75) is 0 Å². The fraction of sp³-hybridized carbons (Fsp3) is 0.0625. The highest BCUT2D eigenvalue weighted by Gasteiger charge is 2.12. The van der Waals surface area contributed by atoms with Gasteiger partial charge in [0.2, 0.25) is 0 Å². The van der Waals surface area contributed by atoms with E-state index < -0.39 is 0 Å². The zero-order chi connectivity index (χ0) is 17.6. The maximum absolute atomic E-state index is 11.6. The van der Waals surface area contributed by atoms with Crippen LogP contribution in [0.3, 0.4) is 0 Å². The number of anilines is 2. The second-order valence-corrected chi connectivity index (χ2v) is 7.95. The highest BCUT2D eigenvalue weighted by atomic mass is 35.5. The summed E-state index contributed by atoms with van der Waals surface area (Å²) in [6.45, 7) is 0. The van der Waals surface area contributed by atoms with E-state index in [-0.39, 0.29) is 5.97 Å². The van der Waals surface area contributed by atoms with Gasteiger partial charge in [-0.1, -0.05) is 45.9 Å². The lowest BCUT2D eigenvalue weighted by Crippen LogP contribution is -1.99. The summed E-state index contributed by atoms with van der Waals surface area (Å²) in [5.41, 5.74) is 2.02. The van der Waals surface area contributed by atoms with Gasteiger partial charge in [0.05, 0.1) is 38.1 Å². The van der Waals surface area contributed by atoms with Crippen LogP contribution in [-0.4, -0.2) is 23.0 Å². The maximum atomic E-state index is 11.6. The molecule has 0 atom stereocenters. The van der Waals surface area contributed by atoms with Crippen molar-refractivity contribution in [1.29, 1.82) is 0 Å². The minimum Gasteiger partial charge on any atom is -0.465 e. The number of ether oxygens (including phenoxy) is 1. The van der Waals surface area contributed by atoms with Gasteiger partial charge in [-0.25, -0.2) is 14.8 Å². The molecule has 0 aliphatic heterocycles. The Hall–Kier alpha value is -1.93. The molecule has 5 nitrogen and oxygen atoms in total. The van der Waals surface area contributed by atoms with Gasteiger partial charge in [0.15, 0.2) is 10.3 Å². The third-order valence-corrected chi connectivity index (χ3v) is 6.01. The molecule has 0 radical (unpaired) electrons. The first-order chi connectivity index (χ1) is 12.0. The lowest BCUT2D eigenvalue weighted by Gasteiger charge is -1.97. The predicted octanol–water partition coefficient (Wildman–Crippen LogP) is 5.74. The van der Waals surface area contributed by atoms with Gasteiger partial charge >= 0.3 is 5.97 Å². The first-order valence-corrected chi connectivity index (χ1v) is 9.44. The standard InChI is InChI=1S/C16H9Cl2N3O2S2/c1-23-14(22)7-2-3-10-12(4-7)24-15(19-10)21-16-20-11-6-8(17)5-9(18)13(11)25-16/h2-6H,1H3,(H,19,20,21). The van der Waals surface area contributed by atoms with Crippen molar-refractivity contribution in [2.24, 2.45) is 0 Å². The molecule has 2 aromatic heterocycles. The highest BCUT2D eigenvalue weighted by molar-refractivity contribution is 7.24. The molecule has 0 amide bonds. The van der Waals surface area contributed by atoms with E-state index in [1.165, 1.54) is 29.8 Å². The molecule has 0 aliphatic rings. The topological polar surface area (TPSA) is 64.1 Å². The van der Waals surface area contributed by atoms with Crippen LogP contribution in [0.1, 0.15) is 10.4 Å². The average molecular weight is 410 g/mol. The zero-order valence-corrected chi connectivity index (χ0v) is 15.8. The molecule has 0 fully saturated rings. The third-order valence-electron chi connectivity index (χ3n) is 3.43. The number of fused-ring (bicyclic) bond motifs is 2. The SMILES string of the molecule is COC(=O)c1ccc2nc(Nc3nc4cc(Cl)cc(Cl)c4s3)sc2c1. The molecular formula is C16H9Cl2N3O2S2. The van der Waals surface area contributed by atoms with Crippen LogP contribution in [0.5, 0.6) is 0 Å². The Morgan fingerprint density at radius 1 is 1.08 bits per heavy atom. The van der Waals surface area contributed by atoms with Crippen molar-refractivity contribution in [2.75, 3.05) is 12.4 Å². The Morgan fingerprint density at radius 3 is 2.64 bits per heavy atom. The lowest BCUT2D eigenvalue weighted by atomic mass is 10.2. The summed E-state index contributed by atoms with van der Waals surface area (Å²) in [6, 6.07) is 8.71. The fourth-order valence-electron chi connectivity index (χ4n) is 2.33. The first kappa shape index (κ1) is 16.5. The number of methoxy groups -OCH3 is 1. The molecular weight excluding hydrogens is 401 g/mol. The number of halogens is 2. The summed E-state index contributed by atoms with van der Waals surface area (Å²) in [5.74, 6) is -0.373. The van der Waals surface area contributed by atoms with Gasteiger partial charge < -0.3 is 10.1 Å². The Morgan fingerprint density at radius 2 is 1.84 bits per heavy atom. The Bertz CT molecular complexity index is 1120. The molecule has 0 spiro atoms. The van der Waals surface area contributed by atoms with E-state index >= 15 is 0 Å². The van der Waals surface area contributed by atoms with Crippen molar-refractivity contribution < 1.29 is 9.53 Å². The Kier molecular flexibility index (Phi) is 4.24. The van der Waals surface area contributed by atoms with Gasteiger partial charge in [0.25, 0.3) is 0 Å². The molecule has 0 bridgehead atoms. The Labute approximate surface area is 160 Å². The molecule has 4 aromatic rings. The summed E-state index contributed by atoms with van der Waals surface area (Å²) in [5, 5.41) is 5.66. The molecule has 2 aromatic carbocycles. The van der Waals surface area contributed by atoms with Crippen LogP contribution in [0.2, 0.25) is 10.0 Å². The number of hydrogen-bond donors (Lipinski definition) is 1. The smallest absolute Gasteiger partial charge is 0.337 e. The van der Waals surface area contributed by atoms with Crippen LogP contribution in [0.15, 0.2) is 30.3 Å². The zero-order valence-electron chi connectivity index (χ0n) is 12.7. The van der Waals surface area contributed by atoms with Gasteiger partial charge in [-0.15, -0.1) is 0 Å². The molecule has 0 saturated heterocycles. The van der Waals surface area contributed by atoms with Crippen LogP contribution in [-0.2, 0) is 4.74 Å². The summed E-state index contributed by atoms with van der Waals surface area (Å²) in [4.78, 5) is 20.6. The molecule has 25 heavy (non-hydrogen) atoms. The largest absolute Gasteiger partial charge is 0.465 e. The number of thiazole rings is 2.